The number of phenolic OH excluding ortho intramolecular Hbond substituents is 1. The van der Waals surface area contributed by atoms with E-state index in [0.29, 0.717) is 11.1 Å². The number of nitro groups is 1. The van der Waals surface area contributed by atoms with Gasteiger partial charge in [-0.2, -0.15) is 0 Å². The molecule has 2 atom stereocenters. The fraction of sp³-hybridized carbons (Fsp3) is 0.130. The molecular weight excluding hydrogens is 482 g/mol. The maximum Gasteiger partial charge on any atom is 0.288 e. The quantitative estimate of drug-likeness (QED) is 0.302. The van der Waals surface area contributed by atoms with Crippen molar-refractivity contribution in [1.29, 1.82) is 0 Å². The summed E-state index contributed by atoms with van der Waals surface area (Å²) in [6.45, 7) is 2.02. The molecule has 0 aromatic heterocycles. The zero-order chi connectivity index (χ0) is 22.1. The van der Waals surface area contributed by atoms with E-state index in [9.17, 15) is 15.2 Å². The standard InChI is InChI=1S/C23H19BrClN3O3/c1-13-2-4-14(5-3-13)19-12-20(17-11-16(24)7-9-22(17)29)27-23(26-19)15-6-8-18(25)21(10-15)28(30)31/h2-12,20,23,26-27,29H,1H3. The van der Waals surface area contributed by atoms with Gasteiger partial charge in [0.25, 0.3) is 5.69 Å². The molecule has 0 amide bonds. The molecule has 3 aromatic rings. The van der Waals surface area contributed by atoms with Crippen molar-refractivity contribution in [2.75, 3.05) is 0 Å². The Balaban J connectivity index is 1.79. The van der Waals surface area contributed by atoms with Crippen LogP contribution in [0, 0.1) is 17.0 Å². The molecule has 8 heteroatoms. The molecule has 0 radical (unpaired) electrons. The molecule has 31 heavy (non-hydrogen) atoms. The number of hydrogen-bond acceptors (Lipinski definition) is 5. The van der Waals surface area contributed by atoms with E-state index < -0.39 is 11.1 Å². The molecule has 2 unspecified atom stereocenters. The van der Waals surface area contributed by atoms with E-state index in [4.69, 9.17) is 11.6 Å². The third kappa shape index (κ3) is 4.58. The normalized spacial score (nSPS) is 18.2. The highest BCUT2D eigenvalue weighted by molar-refractivity contribution is 9.10. The summed E-state index contributed by atoms with van der Waals surface area (Å²) in [6, 6.07) is 17.7. The van der Waals surface area contributed by atoms with Gasteiger partial charge in [-0.1, -0.05) is 63.4 Å². The van der Waals surface area contributed by atoms with Crippen LogP contribution in [0.4, 0.5) is 5.69 Å². The lowest BCUT2D eigenvalue weighted by atomic mass is 9.97. The molecule has 1 aliphatic heterocycles. The molecule has 6 nitrogen and oxygen atoms in total. The van der Waals surface area contributed by atoms with E-state index >= 15 is 0 Å². The van der Waals surface area contributed by atoms with Crippen LogP contribution >= 0.6 is 27.5 Å². The summed E-state index contributed by atoms with van der Waals surface area (Å²) in [7, 11) is 0. The van der Waals surface area contributed by atoms with Crippen LogP contribution in [0.1, 0.15) is 34.5 Å². The number of benzene rings is 3. The Labute approximate surface area is 192 Å². The first kappa shape index (κ1) is 21.4. The molecule has 0 spiro atoms. The first-order valence-corrected chi connectivity index (χ1v) is 10.7. The number of nitro benzene ring substituents is 1. The highest BCUT2D eigenvalue weighted by atomic mass is 79.9. The second-order valence-electron chi connectivity index (χ2n) is 7.34. The minimum atomic E-state index is -0.497. The molecule has 0 fully saturated rings. The monoisotopic (exact) mass is 499 g/mol. The number of nitrogens with zero attached hydrogens (tertiary/aromatic N) is 1. The van der Waals surface area contributed by atoms with Crippen molar-refractivity contribution in [3.8, 4) is 5.75 Å². The maximum absolute atomic E-state index is 11.4. The molecule has 1 aliphatic rings. The van der Waals surface area contributed by atoms with Gasteiger partial charge >= 0.3 is 0 Å². The minimum Gasteiger partial charge on any atom is -0.508 e. The van der Waals surface area contributed by atoms with Gasteiger partial charge in [0, 0.05) is 21.8 Å². The molecule has 0 aliphatic carbocycles. The third-order valence-electron chi connectivity index (χ3n) is 5.17. The summed E-state index contributed by atoms with van der Waals surface area (Å²) >= 11 is 9.46. The van der Waals surface area contributed by atoms with Crippen molar-refractivity contribution in [2.24, 2.45) is 0 Å². The molecule has 4 rings (SSSR count). The van der Waals surface area contributed by atoms with Crippen LogP contribution in [-0.4, -0.2) is 10.0 Å². The number of halogens is 2. The van der Waals surface area contributed by atoms with Crippen molar-refractivity contribution >= 4 is 38.9 Å². The van der Waals surface area contributed by atoms with E-state index in [1.165, 1.54) is 12.1 Å². The Morgan fingerprint density at radius 2 is 1.84 bits per heavy atom. The summed E-state index contributed by atoms with van der Waals surface area (Å²) in [4.78, 5) is 10.9. The van der Waals surface area contributed by atoms with Crippen LogP contribution in [0.5, 0.6) is 5.75 Å². The molecule has 3 aromatic carbocycles. The van der Waals surface area contributed by atoms with E-state index in [0.717, 1.165) is 21.3 Å². The lowest BCUT2D eigenvalue weighted by Crippen LogP contribution is -2.39. The Kier molecular flexibility index (Phi) is 6.00. The van der Waals surface area contributed by atoms with Gasteiger partial charge in [-0.25, -0.2) is 0 Å². The fourth-order valence-electron chi connectivity index (χ4n) is 3.54. The second kappa shape index (κ2) is 8.70. The Morgan fingerprint density at radius 3 is 2.55 bits per heavy atom. The minimum absolute atomic E-state index is 0.0834. The largest absolute Gasteiger partial charge is 0.508 e. The Bertz CT molecular complexity index is 1180. The van der Waals surface area contributed by atoms with Crippen molar-refractivity contribution < 1.29 is 10.0 Å². The Morgan fingerprint density at radius 1 is 1.10 bits per heavy atom. The van der Waals surface area contributed by atoms with Crippen molar-refractivity contribution in [1.82, 2.24) is 10.6 Å². The molecule has 1 heterocycles. The zero-order valence-corrected chi connectivity index (χ0v) is 18.8. The highest BCUT2D eigenvalue weighted by Gasteiger charge is 2.27. The van der Waals surface area contributed by atoms with Gasteiger partial charge in [0.1, 0.15) is 16.9 Å². The zero-order valence-electron chi connectivity index (χ0n) is 16.5. The van der Waals surface area contributed by atoms with Crippen LogP contribution in [0.2, 0.25) is 5.02 Å². The average Bonchev–Trinajstić information content (AvgIpc) is 2.75. The Hall–Kier alpha value is -2.87. The first-order valence-electron chi connectivity index (χ1n) is 9.55. The van der Waals surface area contributed by atoms with E-state index in [2.05, 4.69) is 26.6 Å². The average molecular weight is 501 g/mol. The smallest absolute Gasteiger partial charge is 0.288 e. The van der Waals surface area contributed by atoms with Crippen LogP contribution < -0.4 is 10.6 Å². The summed E-state index contributed by atoms with van der Waals surface area (Å²) in [5, 5.41) is 28.8. The molecule has 0 bridgehead atoms. The predicted octanol–water partition coefficient (Wildman–Crippen LogP) is 6.00. The summed E-state index contributed by atoms with van der Waals surface area (Å²) < 4.78 is 0.838. The SMILES string of the molecule is Cc1ccc(C2=CC(c3cc(Br)ccc3O)NC(c3ccc(Cl)c([N+](=O)[O-])c3)N2)cc1. The van der Waals surface area contributed by atoms with Gasteiger partial charge < -0.3 is 10.4 Å². The van der Waals surface area contributed by atoms with Gasteiger partial charge in [-0.3, -0.25) is 15.4 Å². The number of hydrogen-bond donors (Lipinski definition) is 3. The number of aryl methyl sites for hydroxylation is 1. The topological polar surface area (TPSA) is 87.4 Å². The van der Waals surface area contributed by atoms with Gasteiger partial charge in [0.05, 0.1) is 11.0 Å². The van der Waals surface area contributed by atoms with Crippen LogP contribution in [0.15, 0.2) is 71.2 Å². The predicted molar refractivity (Wildman–Crippen MR) is 125 cm³/mol. The lowest BCUT2D eigenvalue weighted by Gasteiger charge is -2.33. The number of aromatic hydroxyl groups is 1. The van der Waals surface area contributed by atoms with Crippen LogP contribution in [0.25, 0.3) is 5.70 Å². The second-order valence-corrected chi connectivity index (χ2v) is 8.66. The van der Waals surface area contributed by atoms with E-state index in [1.54, 1.807) is 18.2 Å². The summed E-state index contributed by atoms with van der Waals surface area (Å²) in [5.41, 5.74) is 4.16. The number of rotatable bonds is 4. The summed E-state index contributed by atoms with van der Waals surface area (Å²) in [6.07, 6.45) is 1.55. The molecule has 0 saturated carbocycles. The van der Waals surface area contributed by atoms with Gasteiger partial charge in [-0.15, -0.1) is 0 Å². The number of phenols is 1. The molecule has 0 saturated heterocycles. The van der Waals surface area contributed by atoms with E-state index in [1.807, 2.05) is 43.3 Å². The fourth-order valence-corrected chi connectivity index (χ4v) is 4.10. The van der Waals surface area contributed by atoms with Crippen molar-refractivity contribution in [3.63, 3.8) is 0 Å². The highest BCUT2D eigenvalue weighted by Crippen LogP contribution is 2.36. The molecule has 3 N–H and O–H groups in total. The molecular formula is C23H19BrClN3O3. The number of nitrogens with one attached hydrogen (secondary N) is 2. The maximum atomic E-state index is 11.4. The van der Waals surface area contributed by atoms with Crippen LogP contribution in [-0.2, 0) is 0 Å². The van der Waals surface area contributed by atoms with Crippen molar-refractivity contribution in [2.45, 2.75) is 19.1 Å². The molecule has 158 valence electrons. The van der Waals surface area contributed by atoms with Crippen molar-refractivity contribution in [3.05, 3.63) is 109 Å². The third-order valence-corrected chi connectivity index (χ3v) is 5.98. The van der Waals surface area contributed by atoms with Crippen LogP contribution in [0.3, 0.4) is 0 Å². The first-order chi connectivity index (χ1) is 14.8. The van der Waals surface area contributed by atoms with E-state index in [-0.39, 0.29) is 22.5 Å². The summed E-state index contributed by atoms with van der Waals surface area (Å²) in [5.74, 6) is 0.156. The van der Waals surface area contributed by atoms with Gasteiger partial charge in [-0.05, 0) is 48.4 Å². The lowest BCUT2D eigenvalue weighted by molar-refractivity contribution is -0.384. The van der Waals surface area contributed by atoms with Gasteiger partial charge in [0.15, 0.2) is 0 Å². The van der Waals surface area contributed by atoms with Gasteiger partial charge in [0.2, 0.25) is 0 Å².